The SMILES string of the molecule is CCC(=O)C1=C(c2ccc(C)cc2)C2C=CC(C)=CC2S1. The molecule has 1 aromatic rings. The minimum Gasteiger partial charge on any atom is -0.294 e. The Kier molecular flexibility index (Phi) is 3.90. The van der Waals surface area contributed by atoms with Crippen LogP contribution in [0.1, 0.15) is 31.4 Å². The number of ketones is 1. The van der Waals surface area contributed by atoms with Gasteiger partial charge < -0.3 is 0 Å². The molecule has 0 bridgehead atoms. The van der Waals surface area contributed by atoms with Crippen LogP contribution in [-0.4, -0.2) is 11.0 Å². The van der Waals surface area contributed by atoms with E-state index in [1.165, 1.54) is 22.3 Å². The lowest BCUT2D eigenvalue weighted by Crippen LogP contribution is -2.13. The highest BCUT2D eigenvalue weighted by Crippen LogP contribution is 2.50. The summed E-state index contributed by atoms with van der Waals surface area (Å²) in [6.45, 7) is 6.16. The average molecular weight is 296 g/mol. The van der Waals surface area contributed by atoms with Gasteiger partial charge in [0, 0.05) is 17.6 Å². The van der Waals surface area contributed by atoms with Crippen molar-refractivity contribution in [2.75, 3.05) is 0 Å². The summed E-state index contributed by atoms with van der Waals surface area (Å²) < 4.78 is 0. The molecule has 0 N–H and O–H groups in total. The largest absolute Gasteiger partial charge is 0.294 e. The van der Waals surface area contributed by atoms with Crippen molar-refractivity contribution in [2.24, 2.45) is 5.92 Å². The van der Waals surface area contributed by atoms with E-state index in [4.69, 9.17) is 0 Å². The first-order valence-electron chi connectivity index (χ1n) is 7.48. The number of hydrogen-bond acceptors (Lipinski definition) is 2. The highest BCUT2D eigenvalue weighted by Gasteiger charge is 2.36. The Balaban J connectivity index is 2.09. The Morgan fingerprint density at radius 2 is 1.90 bits per heavy atom. The summed E-state index contributed by atoms with van der Waals surface area (Å²) in [7, 11) is 0. The summed E-state index contributed by atoms with van der Waals surface area (Å²) in [4.78, 5) is 13.3. The normalized spacial score (nSPS) is 24.0. The van der Waals surface area contributed by atoms with Gasteiger partial charge in [-0.3, -0.25) is 4.79 Å². The van der Waals surface area contributed by atoms with Crippen molar-refractivity contribution in [1.82, 2.24) is 0 Å². The summed E-state index contributed by atoms with van der Waals surface area (Å²) in [5.74, 6) is 0.594. The molecule has 21 heavy (non-hydrogen) atoms. The predicted octanol–water partition coefficient (Wildman–Crippen LogP) is 4.93. The molecule has 2 heteroatoms. The molecular weight excluding hydrogens is 276 g/mol. The van der Waals surface area contributed by atoms with E-state index in [0.29, 0.717) is 17.6 Å². The van der Waals surface area contributed by atoms with Crippen LogP contribution < -0.4 is 0 Å². The molecule has 2 unspecified atom stereocenters. The summed E-state index contributed by atoms with van der Waals surface area (Å²) in [6.07, 6.45) is 7.30. The molecule has 1 heterocycles. The maximum atomic E-state index is 12.4. The van der Waals surface area contributed by atoms with Gasteiger partial charge in [0.05, 0.1) is 4.91 Å². The van der Waals surface area contributed by atoms with Crippen molar-refractivity contribution in [1.29, 1.82) is 0 Å². The Hall–Kier alpha value is -1.54. The maximum Gasteiger partial charge on any atom is 0.169 e. The van der Waals surface area contributed by atoms with Crippen LogP contribution in [0.25, 0.3) is 5.57 Å². The van der Waals surface area contributed by atoms with E-state index in [1.807, 2.05) is 6.92 Å². The van der Waals surface area contributed by atoms with Gasteiger partial charge >= 0.3 is 0 Å². The molecule has 0 aromatic heterocycles. The first-order valence-corrected chi connectivity index (χ1v) is 8.35. The molecule has 0 amide bonds. The zero-order chi connectivity index (χ0) is 15.0. The van der Waals surface area contributed by atoms with Crippen molar-refractivity contribution in [3.63, 3.8) is 0 Å². The van der Waals surface area contributed by atoms with Crippen molar-refractivity contribution >= 4 is 23.1 Å². The van der Waals surface area contributed by atoms with Crippen LogP contribution in [0.3, 0.4) is 0 Å². The van der Waals surface area contributed by atoms with E-state index >= 15 is 0 Å². The molecule has 1 nitrogen and oxygen atoms in total. The second-order valence-corrected chi connectivity index (χ2v) is 6.95. The van der Waals surface area contributed by atoms with Crippen LogP contribution >= 0.6 is 11.8 Å². The average Bonchev–Trinajstić information content (AvgIpc) is 2.85. The number of fused-ring (bicyclic) bond motifs is 1. The van der Waals surface area contributed by atoms with Crippen LogP contribution in [-0.2, 0) is 4.79 Å². The first kappa shape index (κ1) is 14.4. The highest BCUT2D eigenvalue weighted by atomic mass is 32.2. The molecule has 3 rings (SSSR count). The van der Waals surface area contributed by atoms with E-state index in [-0.39, 0.29) is 5.78 Å². The molecule has 0 saturated heterocycles. The molecule has 0 fully saturated rings. The summed E-state index contributed by atoms with van der Waals surface area (Å²) in [5.41, 5.74) is 4.95. The monoisotopic (exact) mass is 296 g/mol. The minimum atomic E-state index is 0.268. The van der Waals surface area contributed by atoms with Gasteiger partial charge in [-0.15, -0.1) is 11.8 Å². The van der Waals surface area contributed by atoms with Crippen molar-refractivity contribution in [3.8, 4) is 0 Å². The number of carbonyl (C=O) groups is 1. The van der Waals surface area contributed by atoms with Crippen LogP contribution in [0, 0.1) is 12.8 Å². The van der Waals surface area contributed by atoms with Gasteiger partial charge in [0.1, 0.15) is 0 Å². The van der Waals surface area contributed by atoms with Gasteiger partial charge in [-0.1, -0.05) is 60.6 Å². The Morgan fingerprint density at radius 3 is 2.57 bits per heavy atom. The molecule has 0 spiro atoms. The van der Waals surface area contributed by atoms with Gasteiger partial charge in [0.25, 0.3) is 0 Å². The number of aryl methyl sites for hydroxylation is 1. The van der Waals surface area contributed by atoms with Gasteiger partial charge in [0.15, 0.2) is 5.78 Å². The quantitative estimate of drug-likeness (QED) is 0.786. The van der Waals surface area contributed by atoms with Gasteiger partial charge in [-0.2, -0.15) is 0 Å². The fourth-order valence-electron chi connectivity index (χ4n) is 2.94. The molecule has 1 aromatic carbocycles. The van der Waals surface area contributed by atoms with Gasteiger partial charge in [-0.25, -0.2) is 0 Å². The molecular formula is C19H20OS. The smallest absolute Gasteiger partial charge is 0.169 e. The summed E-state index contributed by atoms with van der Waals surface area (Å²) in [6, 6.07) is 8.55. The molecule has 0 radical (unpaired) electrons. The Labute approximate surface area is 130 Å². The molecule has 0 saturated carbocycles. The number of Topliss-reactive ketones (excluding diaryl/α,β-unsaturated/α-hetero) is 1. The molecule has 108 valence electrons. The second-order valence-electron chi connectivity index (χ2n) is 5.76. The summed E-state index contributed by atoms with van der Waals surface area (Å²) >= 11 is 1.74. The zero-order valence-corrected chi connectivity index (χ0v) is 13.5. The third-order valence-corrected chi connectivity index (χ3v) is 5.50. The lowest BCUT2D eigenvalue weighted by molar-refractivity contribution is -0.114. The number of benzene rings is 1. The van der Waals surface area contributed by atoms with Crippen LogP contribution in [0.4, 0.5) is 0 Å². The molecule has 1 aliphatic carbocycles. The van der Waals surface area contributed by atoms with E-state index in [9.17, 15) is 4.79 Å². The van der Waals surface area contributed by atoms with E-state index in [1.54, 1.807) is 11.8 Å². The fraction of sp³-hybridized carbons (Fsp3) is 0.316. The summed E-state index contributed by atoms with van der Waals surface area (Å²) in [5, 5.41) is 0.372. The first-order chi connectivity index (χ1) is 10.1. The lowest BCUT2D eigenvalue weighted by Gasteiger charge is -2.20. The third-order valence-electron chi connectivity index (χ3n) is 4.12. The minimum absolute atomic E-state index is 0.268. The second kappa shape index (κ2) is 5.69. The van der Waals surface area contributed by atoms with E-state index in [2.05, 4.69) is 56.3 Å². The van der Waals surface area contributed by atoms with E-state index < -0.39 is 0 Å². The third kappa shape index (κ3) is 2.65. The Bertz CT molecular complexity index is 661. The topological polar surface area (TPSA) is 17.1 Å². The number of carbonyl (C=O) groups excluding carboxylic acids is 1. The van der Waals surface area contributed by atoms with Gasteiger partial charge in [-0.05, 0) is 25.0 Å². The highest BCUT2D eigenvalue weighted by molar-refractivity contribution is 8.05. The molecule has 2 atom stereocenters. The Morgan fingerprint density at radius 1 is 1.19 bits per heavy atom. The number of hydrogen-bond donors (Lipinski definition) is 0. The fourth-order valence-corrected chi connectivity index (χ4v) is 4.52. The maximum absolute atomic E-state index is 12.4. The van der Waals surface area contributed by atoms with Crippen molar-refractivity contribution < 1.29 is 4.79 Å². The number of thioether (sulfide) groups is 1. The van der Waals surface area contributed by atoms with Crippen LogP contribution in [0.15, 0.2) is 53.0 Å². The van der Waals surface area contributed by atoms with Crippen LogP contribution in [0.5, 0.6) is 0 Å². The molecule has 2 aliphatic rings. The van der Waals surface area contributed by atoms with Crippen LogP contribution in [0.2, 0.25) is 0 Å². The zero-order valence-electron chi connectivity index (χ0n) is 12.7. The number of rotatable bonds is 3. The number of allylic oxidation sites excluding steroid dienone is 5. The van der Waals surface area contributed by atoms with Gasteiger partial charge in [0.2, 0.25) is 0 Å². The predicted molar refractivity (Wildman–Crippen MR) is 91.2 cm³/mol. The lowest BCUT2D eigenvalue weighted by atomic mass is 9.85. The van der Waals surface area contributed by atoms with Crippen molar-refractivity contribution in [3.05, 3.63) is 64.1 Å². The van der Waals surface area contributed by atoms with E-state index in [0.717, 1.165) is 4.91 Å². The molecule has 1 aliphatic heterocycles. The van der Waals surface area contributed by atoms with Crippen molar-refractivity contribution in [2.45, 2.75) is 32.4 Å². The standard InChI is InChI=1S/C19H20OS/c1-4-16(20)19-18(14-8-5-12(2)6-9-14)15-10-7-13(3)11-17(15)21-19/h5-11,15,17H,4H2,1-3H3.